The zero-order valence-electron chi connectivity index (χ0n) is 13.8. The van der Waals surface area contributed by atoms with Crippen LogP contribution in [0.3, 0.4) is 0 Å². The van der Waals surface area contributed by atoms with E-state index in [-0.39, 0.29) is 17.4 Å². The van der Waals surface area contributed by atoms with Crippen molar-refractivity contribution in [2.45, 2.75) is 25.5 Å². The minimum Gasteiger partial charge on any atom is -0.508 e. The van der Waals surface area contributed by atoms with Gasteiger partial charge in [-0.05, 0) is 42.7 Å². The fourth-order valence-corrected chi connectivity index (χ4v) is 2.87. The molecule has 2 N–H and O–H groups in total. The number of rotatable bonds is 5. The summed E-state index contributed by atoms with van der Waals surface area (Å²) in [7, 11) is 0. The molecule has 0 spiro atoms. The van der Waals surface area contributed by atoms with Crippen LogP contribution >= 0.6 is 0 Å². The van der Waals surface area contributed by atoms with E-state index in [0.717, 1.165) is 18.9 Å². The van der Waals surface area contributed by atoms with Crippen molar-refractivity contribution in [3.63, 3.8) is 0 Å². The molecule has 0 atom stereocenters. The first-order valence-electron chi connectivity index (χ1n) is 8.22. The average Bonchev–Trinajstić information content (AvgIpc) is 3.30. The maximum atomic E-state index is 14.7. The van der Waals surface area contributed by atoms with Crippen LogP contribution in [0.5, 0.6) is 11.5 Å². The van der Waals surface area contributed by atoms with E-state index in [1.807, 2.05) is 0 Å². The number of fused-ring (bicyclic) bond motifs is 1. The van der Waals surface area contributed by atoms with Gasteiger partial charge < -0.3 is 19.6 Å². The number of hydrogen-bond donors (Lipinski definition) is 2. The molecule has 3 aromatic rings. The number of amides is 1. The zero-order valence-corrected chi connectivity index (χ0v) is 13.8. The molecule has 1 amide bonds. The molecule has 0 aliphatic heterocycles. The van der Waals surface area contributed by atoms with Gasteiger partial charge >= 0.3 is 6.61 Å². The third-order valence-corrected chi connectivity index (χ3v) is 4.28. The molecule has 1 aromatic heterocycles. The first-order chi connectivity index (χ1) is 12.9. The van der Waals surface area contributed by atoms with E-state index in [9.17, 15) is 23.1 Å². The molecular weight excluding hydrogens is 363 g/mol. The molecule has 1 fully saturated rings. The Morgan fingerprint density at radius 1 is 1.26 bits per heavy atom. The Labute approximate surface area is 151 Å². The van der Waals surface area contributed by atoms with Crippen LogP contribution in [-0.4, -0.2) is 23.7 Å². The highest BCUT2D eigenvalue weighted by atomic mass is 19.3. The number of alkyl halides is 2. The predicted octanol–water partition coefficient (Wildman–Crippen LogP) is 4.44. The maximum Gasteiger partial charge on any atom is 0.387 e. The number of phenolic OH excluding ortho intramolecular Hbond substituents is 1. The molecule has 0 bridgehead atoms. The Kier molecular flexibility index (Phi) is 4.18. The molecule has 1 aliphatic rings. The number of furan rings is 1. The van der Waals surface area contributed by atoms with Crippen LogP contribution in [0.2, 0.25) is 0 Å². The molecule has 1 saturated carbocycles. The highest BCUT2D eigenvalue weighted by Crippen LogP contribution is 2.37. The van der Waals surface area contributed by atoms with Crippen LogP contribution in [0.15, 0.2) is 41.0 Å². The third kappa shape index (κ3) is 3.42. The molecule has 27 heavy (non-hydrogen) atoms. The molecule has 2 aromatic carbocycles. The largest absolute Gasteiger partial charge is 0.508 e. The van der Waals surface area contributed by atoms with Gasteiger partial charge in [0.2, 0.25) is 0 Å². The van der Waals surface area contributed by atoms with E-state index >= 15 is 0 Å². The van der Waals surface area contributed by atoms with Crippen molar-refractivity contribution >= 4 is 16.9 Å². The number of carbonyl (C=O) groups is 1. The van der Waals surface area contributed by atoms with E-state index in [2.05, 4.69) is 10.1 Å². The highest BCUT2D eigenvalue weighted by molar-refractivity contribution is 6.00. The van der Waals surface area contributed by atoms with Gasteiger partial charge in [0.05, 0.1) is 6.26 Å². The van der Waals surface area contributed by atoms with Gasteiger partial charge in [-0.15, -0.1) is 0 Å². The van der Waals surface area contributed by atoms with Crippen molar-refractivity contribution in [2.24, 2.45) is 0 Å². The SMILES string of the molecule is O=C(NC1CC1)c1c(F)cc(-c2coc3cc(O)ccc23)cc1OC(F)F. The lowest BCUT2D eigenvalue weighted by Crippen LogP contribution is -2.27. The molecule has 8 heteroatoms. The van der Waals surface area contributed by atoms with Crippen molar-refractivity contribution in [2.75, 3.05) is 0 Å². The quantitative estimate of drug-likeness (QED) is 0.690. The first-order valence-corrected chi connectivity index (χ1v) is 8.22. The third-order valence-electron chi connectivity index (χ3n) is 4.28. The van der Waals surface area contributed by atoms with Crippen LogP contribution in [-0.2, 0) is 0 Å². The van der Waals surface area contributed by atoms with Crippen molar-refractivity contribution in [1.82, 2.24) is 5.32 Å². The number of ether oxygens (including phenoxy) is 1. The molecule has 1 aliphatic carbocycles. The van der Waals surface area contributed by atoms with Crippen molar-refractivity contribution in [3.05, 3.63) is 48.0 Å². The molecule has 1 heterocycles. The summed E-state index contributed by atoms with van der Waals surface area (Å²) in [6, 6.07) is 6.53. The minimum absolute atomic E-state index is 0.0107. The highest BCUT2D eigenvalue weighted by Gasteiger charge is 2.28. The van der Waals surface area contributed by atoms with E-state index < -0.39 is 29.6 Å². The molecule has 140 valence electrons. The monoisotopic (exact) mass is 377 g/mol. The predicted molar refractivity (Wildman–Crippen MR) is 90.4 cm³/mol. The number of phenols is 1. The second kappa shape index (κ2) is 6.53. The van der Waals surface area contributed by atoms with Crippen molar-refractivity contribution in [1.29, 1.82) is 0 Å². The van der Waals surface area contributed by atoms with Crippen LogP contribution in [0.4, 0.5) is 13.2 Å². The zero-order chi connectivity index (χ0) is 19.1. The number of hydrogen-bond acceptors (Lipinski definition) is 4. The second-order valence-electron chi connectivity index (χ2n) is 6.29. The Bertz CT molecular complexity index is 1030. The molecule has 0 unspecified atom stereocenters. The van der Waals surface area contributed by atoms with Crippen LogP contribution in [0, 0.1) is 5.82 Å². The number of aromatic hydroxyl groups is 1. The fraction of sp³-hybridized carbons (Fsp3) is 0.211. The summed E-state index contributed by atoms with van der Waals surface area (Å²) >= 11 is 0. The van der Waals surface area contributed by atoms with E-state index in [1.165, 1.54) is 24.5 Å². The van der Waals surface area contributed by atoms with Gasteiger partial charge in [0.25, 0.3) is 5.91 Å². The van der Waals surface area contributed by atoms with E-state index in [1.54, 1.807) is 6.07 Å². The number of nitrogens with one attached hydrogen (secondary N) is 1. The molecule has 0 saturated heterocycles. The number of benzene rings is 2. The molecule has 0 radical (unpaired) electrons. The van der Waals surface area contributed by atoms with Gasteiger partial charge in [-0.3, -0.25) is 4.79 Å². The number of halogens is 3. The summed E-state index contributed by atoms with van der Waals surface area (Å²) in [5.74, 6) is -2.33. The topological polar surface area (TPSA) is 71.7 Å². The summed E-state index contributed by atoms with van der Waals surface area (Å²) in [6.07, 6.45) is 2.85. The lowest BCUT2D eigenvalue weighted by molar-refractivity contribution is -0.0503. The summed E-state index contributed by atoms with van der Waals surface area (Å²) in [5, 5.41) is 12.6. The fourth-order valence-electron chi connectivity index (χ4n) is 2.87. The summed E-state index contributed by atoms with van der Waals surface area (Å²) in [5.41, 5.74) is 0.404. The summed E-state index contributed by atoms with van der Waals surface area (Å²) < 4.78 is 50.1. The van der Waals surface area contributed by atoms with Crippen LogP contribution in [0.25, 0.3) is 22.1 Å². The van der Waals surface area contributed by atoms with Gasteiger partial charge in [0.15, 0.2) is 0 Å². The van der Waals surface area contributed by atoms with Gasteiger partial charge in [-0.25, -0.2) is 4.39 Å². The number of carbonyl (C=O) groups excluding carboxylic acids is 1. The molecule has 5 nitrogen and oxygen atoms in total. The van der Waals surface area contributed by atoms with Gasteiger partial charge in [0, 0.05) is 23.1 Å². The lowest BCUT2D eigenvalue weighted by Gasteiger charge is -2.13. The van der Waals surface area contributed by atoms with Crippen molar-refractivity contribution in [3.8, 4) is 22.6 Å². The Hall–Kier alpha value is -3.16. The molecule has 4 rings (SSSR count). The second-order valence-corrected chi connectivity index (χ2v) is 6.29. The van der Waals surface area contributed by atoms with E-state index in [4.69, 9.17) is 4.42 Å². The summed E-state index contributed by atoms with van der Waals surface area (Å²) in [6.45, 7) is -3.22. The average molecular weight is 377 g/mol. The smallest absolute Gasteiger partial charge is 0.387 e. The molecular formula is C19H14F3NO4. The Balaban J connectivity index is 1.81. The van der Waals surface area contributed by atoms with Gasteiger partial charge in [-0.1, -0.05) is 0 Å². The Morgan fingerprint density at radius 3 is 2.74 bits per heavy atom. The van der Waals surface area contributed by atoms with Gasteiger partial charge in [-0.2, -0.15) is 8.78 Å². The lowest BCUT2D eigenvalue weighted by atomic mass is 10.0. The first kappa shape index (κ1) is 17.3. The summed E-state index contributed by atoms with van der Waals surface area (Å²) in [4.78, 5) is 12.2. The van der Waals surface area contributed by atoms with Crippen LogP contribution < -0.4 is 10.1 Å². The van der Waals surface area contributed by atoms with E-state index in [0.29, 0.717) is 16.5 Å². The normalized spacial score (nSPS) is 13.9. The van der Waals surface area contributed by atoms with Crippen LogP contribution in [0.1, 0.15) is 23.2 Å². The minimum atomic E-state index is -3.22. The standard InChI is InChI=1S/C19H14F3NO4/c20-14-5-9(13-8-26-15-7-11(24)3-4-12(13)15)6-16(27-19(21)22)17(14)18(25)23-10-1-2-10/h3-8,10,19,24H,1-2H2,(H,23,25). The maximum absolute atomic E-state index is 14.7. The Morgan fingerprint density at radius 2 is 2.04 bits per heavy atom. The van der Waals surface area contributed by atoms with Gasteiger partial charge in [0.1, 0.15) is 28.5 Å². The van der Waals surface area contributed by atoms with Crippen molar-refractivity contribution < 1.29 is 32.2 Å².